The Balaban J connectivity index is 1.54. The number of rotatable bonds is 4. The first-order valence-electron chi connectivity index (χ1n) is 8.52. The molecular weight excluding hydrogens is 319 g/mol. The van der Waals surface area contributed by atoms with Crippen molar-refractivity contribution in [2.24, 2.45) is 0 Å². The Labute approximate surface area is 147 Å². The van der Waals surface area contributed by atoms with Gasteiger partial charge < -0.3 is 14.5 Å². The van der Waals surface area contributed by atoms with Gasteiger partial charge in [0.15, 0.2) is 18.2 Å². The molecule has 0 spiro atoms. The van der Waals surface area contributed by atoms with Crippen molar-refractivity contribution in [2.45, 2.75) is 13.8 Å². The highest BCUT2D eigenvalue weighted by atomic mass is 19.1. The second kappa shape index (κ2) is 7.55. The van der Waals surface area contributed by atoms with Crippen LogP contribution in [0, 0.1) is 19.7 Å². The molecule has 3 rings (SSSR count). The zero-order valence-electron chi connectivity index (χ0n) is 14.7. The van der Waals surface area contributed by atoms with Gasteiger partial charge in [0.05, 0.1) is 0 Å². The van der Waals surface area contributed by atoms with Crippen molar-refractivity contribution in [3.63, 3.8) is 0 Å². The number of amides is 1. The lowest BCUT2D eigenvalue weighted by molar-refractivity contribution is -0.133. The maximum absolute atomic E-state index is 13.5. The molecular formula is C20H23FN2O2. The van der Waals surface area contributed by atoms with Crippen LogP contribution in [-0.4, -0.2) is 43.6 Å². The summed E-state index contributed by atoms with van der Waals surface area (Å²) in [4.78, 5) is 16.4. The Bertz CT molecular complexity index is 755. The van der Waals surface area contributed by atoms with Gasteiger partial charge in [0, 0.05) is 31.9 Å². The number of carbonyl (C=O) groups is 1. The van der Waals surface area contributed by atoms with E-state index in [1.165, 1.54) is 28.9 Å². The van der Waals surface area contributed by atoms with Gasteiger partial charge in [-0.15, -0.1) is 0 Å². The van der Waals surface area contributed by atoms with Crippen LogP contribution in [-0.2, 0) is 4.79 Å². The highest BCUT2D eigenvalue weighted by Gasteiger charge is 2.22. The quantitative estimate of drug-likeness (QED) is 0.856. The summed E-state index contributed by atoms with van der Waals surface area (Å²) in [6, 6.07) is 12.4. The van der Waals surface area contributed by atoms with Gasteiger partial charge in [-0.3, -0.25) is 4.79 Å². The van der Waals surface area contributed by atoms with Crippen LogP contribution in [0.2, 0.25) is 0 Å². The number of anilines is 1. The van der Waals surface area contributed by atoms with Crippen molar-refractivity contribution in [2.75, 3.05) is 37.7 Å². The Kier molecular flexibility index (Phi) is 5.22. The van der Waals surface area contributed by atoms with Crippen LogP contribution < -0.4 is 9.64 Å². The Morgan fingerprint density at radius 1 is 1.04 bits per heavy atom. The topological polar surface area (TPSA) is 32.8 Å². The van der Waals surface area contributed by atoms with Crippen LogP contribution in [0.5, 0.6) is 5.75 Å². The minimum atomic E-state index is -0.449. The monoisotopic (exact) mass is 342 g/mol. The molecule has 4 nitrogen and oxygen atoms in total. The molecule has 1 amide bonds. The standard InChI is InChI=1S/C20H23FN2O2/c1-15-6-5-8-18(16(15)2)22-10-12-23(13-11-22)20(24)14-25-19-9-4-3-7-17(19)21/h3-9H,10-14H2,1-2H3. The number of aryl methyl sites for hydroxylation is 1. The zero-order valence-corrected chi connectivity index (χ0v) is 14.7. The van der Waals surface area contributed by atoms with E-state index in [1.807, 2.05) is 0 Å². The number of piperazine rings is 1. The van der Waals surface area contributed by atoms with Crippen molar-refractivity contribution >= 4 is 11.6 Å². The summed E-state index contributed by atoms with van der Waals surface area (Å²) >= 11 is 0. The van der Waals surface area contributed by atoms with Crippen LogP contribution >= 0.6 is 0 Å². The van der Waals surface area contributed by atoms with E-state index in [0.717, 1.165) is 13.1 Å². The lowest BCUT2D eigenvalue weighted by Crippen LogP contribution is -2.50. The number of ether oxygens (including phenoxy) is 1. The van der Waals surface area contributed by atoms with Gasteiger partial charge in [-0.05, 0) is 43.2 Å². The van der Waals surface area contributed by atoms with Crippen LogP contribution in [0.3, 0.4) is 0 Å². The lowest BCUT2D eigenvalue weighted by Gasteiger charge is -2.37. The number of carbonyl (C=O) groups excluding carboxylic acids is 1. The van der Waals surface area contributed by atoms with E-state index in [0.29, 0.717) is 13.1 Å². The second-order valence-corrected chi connectivity index (χ2v) is 6.31. The van der Waals surface area contributed by atoms with Crippen LogP contribution in [0.1, 0.15) is 11.1 Å². The number of nitrogens with zero attached hydrogens (tertiary/aromatic N) is 2. The molecule has 2 aromatic rings. The number of para-hydroxylation sites is 1. The first kappa shape index (κ1) is 17.3. The molecule has 132 valence electrons. The second-order valence-electron chi connectivity index (χ2n) is 6.31. The summed E-state index contributed by atoms with van der Waals surface area (Å²) < 4.78 is 18.9. The van der Waals surface area contributed by atoms with Crippen molar-refractivity contribution in [1.29, 1.82) is 0 Å². The predicted molar refractivity (Wildman–Crippen MR) is 96.6 cm³/mol. The van der Waals surface area contributed by atoms with E-state index in [1.54, 1.807) is 17.0 Å². The first-order valence-corrected chi connectivity index (χ1v) is 8.52. The SMILES string of the molecule is Cc1cccc(N2CCN(C(=O)COc3ccccc3F)CC2)c1C. The maximum Gasteiger partial charge on any atom is 0.260 e. The number of hydrogen-bond donors (Lipinski definition) is 0. The summed E-state index contributed by atoms with van der Waals surface area (Å²) in [6.07, 6.45) is 0. The lowest BCUT2D eigenvalue weighted by atomic mass is 10.1. The molecule has 0 bridgehead atoms. The fourth-order valence-electron chi connectivity index (χ4n) is 3.07. The largest absolute Gasteiger partial charge is 0.481 e. The van der Waals surface area contributed by atoms with Crippen molar-refractivity contribution in [3.05, 3.63) is 59.4 Å². The average molecular weight is 342 g/mol. The van der Waals surface area contributed by atoms with E-state index in [2.05, 4.69) is 36.9 Å². The minimum Gasteiger partial charge on any atom is -0.481 e. The summed E-state index contributed by atoms with van der Waals surface area (Å²) in [5, 5.41) is 0. The Morgan fingerprint density at radius 2 is 1.76 bits per heavy atom. The van der Waals surface area contributed by atoms with E-state index >= 15 is 0 Å². The van der Waals surface area contributed by atoms with Crippen LogP contribution in [0.4, 0.5) is 10.1 Å². The molecule has 0 saturated carbocycles. The molecule has 1 fully saturated rings. The smallest absolute Gasteiger partial charge is 0.260 e. The molecule has 1 aliphatic rings. The fraction of sp³-hybridized carbons (Fsp3) is 0.350. The zero-order chi connectivity index (χ0) is 17.8. The molecule has 25 heavy (non-hydrogen) atoms. The molecule has 1 saturated heterocycles. The van der Waals surface area contributed by atoms with Crippen molar-refractivity contribution in [3.8, 4) is 5.75 Å². The molecule has 0 atom stereocenters. The molecule has 0 aromatic heterocycles. The number of hydrogen-bond acceptors (Lipinski definition) is 3. The van der Waals surface area contributed by atoms with Gasteiger partial charge in [-0.2, -0.15) is 0 Å². The Hall–Kier alpha value is -2.56. The molecule has 1 heterocycles. The minimum absolute atomic E-state index is 0.108. The van der Waals surface area contributed by atoms with Gasteiger partial charge >= 0.3 is 0 Å². The summed E-state index contributed by atoms with van der Waals surface area (Å²) in [5.41, 5.74) is 3.79. The third kappa shape index (κ3) is 3.92. The Morgan fingerprint density at radius 3 is 2.48 bits per heavy atom. The fourth-order valence-corrected chi connectivity index (χ4v) is 3.07. The van der Waals surface area contributed by atoms with Crippen LogP contribution in [0.15, 0.2) is 42.5 Å². The van der Waals surface area contributed by atoms with Crippen LogP contribution in [0.25, 0.3) is 0 Å². The van der Waals surface area contributed by atoms with Crippen molar-refractivity contribution < 1.29 is 13.9 Å². The van der Waals surface area contributed by atoms with E-state index in [9.17, 15) is 9.18 Å². The van der Waals surface area contributed by atoms with Gasteiger partial charge in [-0.1, -0.05) is 24.3 Å². The molecule has 1 aliphatic heterocycles. The van der Waals surface area contributed by atoms with E-state index in [4.69, 9.17) is 4.74 Å². The van der Waals surface area contributed by atoms with Gasteiger partial charge in [0.2, 0.25) is 0 Å². The van der Waals surface area contributed by atoms with Gasteiger partial charge in [0.1, 0.15) is 0 Å². The third-order valence-corrected chi connectivity index (χ3v) is 4.74. The molecule has 0 N–H and O–H groups in total. The molecule has 2 aromatic carbocycles. The molecule has 5 heteroatoms. The molecule has 0 radical (unpaired) electrons. The first-order chi connectivity index (χ1) is 12.1. The number of halogens is 1. The highest BCUT2D eigenvalue weighted by Crippen LogP contribution is 2.24. The normalized spacial score (nSPS) is 14.5. The third-order valence-electron chi connectivity index (χ3n) is 4.74. The highest BCUT2D eigenvalue weighted by molar-refractivity contribution is 5.78. The maximum atomic E-state index is 13.5. The van der Waals surface area contributed by atoms with Gasteiger partial charge in [0.25, 0.3) is 5.91 Å². The summed E-state index contributed by atoms with van der Waals surface area (Å²) in [7, 11) is 0. The van der Waals surface area contributed by atoms with E-state index < -0.39 is 5.82 Å². The molecule has 0 unspecified atom stereocenters. The number of benzene rings is 2. The van der Waals surface area contributed by atoms with E-state index in [-0.39, 0.29) is 18.3 Å². The van der Waals surface area contributed by atoms with Crippen molar-refractivity contribution in [1.82, 2.24) is 4.90 Å². The molecule has 0 aliphatic carbocycles. The predicted octanol–water partition coefficient (Wildman–Crippen LogP) is 3.17. The van der Waals surface area contributed by atoms with Gasteiger partial charge in [-0.25, -0.2) is 4.39 Å². The summed E-state index contributed by atoms with van der Waals surface area (Å²) in [5.74, 6) is -0.441. The average Bonchev–Trinajstić information content (AvgIpc) is 2.63. The summed E-state index contributed by atoms with van der Waals surface area (Å²) in [6.45, 7) is 6.97.